The van der Waals surface area contributed by atoms with E-state index >= 15 is 0 Å². The number of nitrogens with two attached hydrogens (primary N) is 1. The third kappa shape index (κ3) is 5.37. The zero-order chi connectivity index (χ0) is 6.24. The maximum absolute atomic E-state index is 5.08. The molecule has 0 aromatic rings. The second-order valence-electron chi connectivity index (χ2n) is 1.35. The fourth-order valence-electron chi connectivity index (χ4n) is 0.319. The van der Waals surface area contributed by atoms with Gasteiger partial charge in [-0.2, -0.15) is 0 Å². The van der Waals surface area contributed by atoms with E-state index in [1.807, 2.05) is 12.2 Å². The summed E-state index contributed by atoms with van der Waals surface area (Å²) in [6.07, 6.45) is 6.69. The van der Waals surface area contributed by atoms with Crippen molar-refractivity contribution in [3.8, 4) is 0 Å². The summed E-state index contributed by atoms with van der Waals surface area (Å²) in [6.45, 7) is 2.46. The summed E-state index contributed by atoms with van der Waals surface area (Å²) in [5.74, 6) is 0. The van der Waals surface area contributed by atoms with Gasteiger partial charge in [-0.05, 0) is 12.5 Å². The maximum atomic E-state index is 5.08. The van der Waals surface area contributed by atoms with Gasteiger partial charge in [0.1, 0.15) is 0 Å². The Balaban J connectivity index is 3.13. The van der Waals surface area contributed by atoms with Gasteiger partial charge < -0.3 is 5.73 Å². The predicted molar refractivity (Wildman–Crippen MR) is 37.0 cm³/mol. The smallest absolute Gasteiger partial charge is 0.0859 e. The molecule has 0 fully saturated rings. The van der Waals surface area contributed by atoms with Crippen LogP contribution in [0.3, 0.4) is 0 Å². The van der Waals surface area contributed by atoms with E-state index in [0.717, 1.165) is 6.42 Å². The molecule has 0 amide bonds. The summed E-state index contributed by atoms with van der Waals surface area (Å²) >= 11 is 0. The molecule has 0 spiro atoms. The lowest BCUT2D eigenvalue weighted by atomic mass is 10.4. The molecule has 0 unspecified atom stereocenters. The normalized spacial score (nSPS) is 11.8. The van der Waals surface area contributed by atoms with E-state index in [1.54, 1.807) is 6.21 Å². The molecule has 0 rings (SSSR count). The van der Waals surface area contributed by atoms with Gasteiger partial charge in [0.15, 0.2) is 0 Å². The topological polar surface area (TPSA) is 38.4 Å². The van der Waals surface area contributed by atoms with Gasteiger partial charge in [-0.15, -0.1) is 0 Å². The summed E-state index contributed by atoms with van der Waals surface area (Å²) in [5, 5.41) is 0. The van der Waals surface area contributed by atoms with Crippen LogP contribution in [0.1, 0.15) is 13.3 Å². The molecule has 46 valence electrons. The highest BCUT2D eigenvalue weighted by Crippen LogP contribution is 1.74. The van der Waals surface area contributed by atoms with E-state index in [1.165, 1.54) is 0 Å². The maximum Gasteiger partial charge on any atom is 0.0859 e. The Hall–Kier alpha value is -0.630. The lowest BCUT2D eigenvalue weighted by molar-refractivity contribution is 1.08. The third-order valence-corrected chi connectivity index (χ3v) is 0.669. The first kappa shape index (κ1) is 7.37. The van der Waals surface area contributed by atoms with Crippen LogP contribution in [-0.2, 0) is 0 Å². The van der Waals surface area contributed by atoms with Gasteiger partial charge in [-0.1, -0.05) is 13.0 Å². The summed E-state index contributed by atoms with van der Waals surface area (Å²) in [6, 6.07) is 0. The largest absolute Gasteiger partial charge is 0.312 e. The lowest BCUT2D eigenvalue weighted by Crippen LogP contribution is -1.92. The molecule has 8 heavy (non-hydrogen) atoms. The van der Waals surface area contributed by atoms with Crippen LogP contribution >= 0.6 is 0 Å². The van der Waals surface area contributed by atoms with Gasteiger partial charge in [-0.3, -0.25) is 4.99 Å². The Bertz CT molecular complexity index is 72.5. The lowest BCUT2D eigenvalue weighted by Gasteiger charge is -1.75. The molecule has 2 N–H and O–H groups in total. The molecule has 0 radical (unpaired) electrons. The molecule has 2 heteroatoms. The Labute approximate surface area is 50.1 Å². The standard InChI is InChI=1S/C6H12N2/c1-2-3-4-5-8-6-7/h3-5H,2,6-7H2,1H3/b4-3-,8-5?. The van der Waals surface area contributed by atoms with Crippen molar-refractivity contribution in [3.63, 3.8) is 0 Å². The molecule has 0 atom stereocenters. The van der Waals surface area contributed by atoms with Gasteiger partial charge in [0.25, 0.3) is 0 Å². The first-order valence-corrected chi connectivity index (χ1v) is 2.76. The highest BCUT2D eigenvalue weighted by atomic mass is 14.8. The van der Waals surface area contributed by atoms with Crippen molar-refractivity contribution in [2.24, 2.45) is 10.7 Å². The zero-order valence-electron chi connectivity index (χ0n) is 5.17. The molecule has 0 bridgehead atoms. The van der Waals surface area contributed by atoms with Crippen molar-refractivity contribution in [1.82, 2.24) is 0 Å². The SMILES string of the molecule is CC/C=C\C=NCN. The van der Waals surface area contributed by atoms with E-state index in [0.29, 0.717) is 6.67 Å². The predicted octanol–water partition coefficient (Wildman–Crippen LogP) is 0.940. The van der Waals surface area contributed by atoms with Gasteiger partial charge in [0, 0.05) is 6.21 Å². The van der Waals surface area contributed by atoms with Crippen LogP contribution in [0.5, 0.6) is 0 Å². The van der Waals surface area contributed by atoms with Crippen LogP contribution in [0.15, 0.2) is 17.1 Å². The van der Waals surface area contributed by atoms with Crippen LogP contribution in [0, 0.1) is 0 Å². The second-order valence-corrected chi connectivity index (χ2v) is 1.35. The molecule has 0 saturated heterocycles. The number of aliphatic imine (C=N–C) groups is 1. The minimum atomic E-state index is 0.383. The molecule has 0 aliphatic rings. The summed E-state index contributed by atoms with van der Waals surface area (Å²) in [5.41, 5.74) is 5.08. The number of nitrogens with zero attached hydrogens (tertiary/aromatic N) is 1. The molecule has 0 heterocycles. The van der Waals surface area contributed by atoms with Gasteiger partial charge in [-0.25, -0.2) is 0 Å². The van der Waals surface area contributed by atoms with E-state index in [4.69, 9.17) is 5.73 Å². The van der Waals surface area contributed by atoms with Crippen LogP contribution in [0.4, 0.5) is 0 Å². The molecule has 0 saturated carbocycles. The van der Waals surface area contributed by atoms with E-state index < -0.39 is 0 Å². The average Bonchev–Trinajstić information content (AvgIpc) is 1.81. The van der Waals surface area contributed by atoms with Crippen molar-refractivity contribution in [3.05, 3.63) is 12.2 Å². The van der Waals surface area contributed by atoms with Crippen LogP contribution in [-0.4, -0.2) is 12.9 Å². The van der Waals surface area contributed by atoms with Gasteiger partial charge in [0.05, 0.1) is 6.67 Å². The van der Waals surface area contributed by atoms with Crippen LogP contribution in [0.25, 0.3) is 0 Å². The average molecular weight is 112 g/mol. The Morgan fingerprint density at radius 2 is 2.38 bits per heavy atom. The summed E-state index contributed by atoms with van der Waals surface area (Å²) < 4.78 is 0. The zero-order valence-corrected chi connectivity index (χ0v) is 5.17. The minimum Gasteiger partial charge on any atom is -0.312 e. The highest BCUT2D eigenvalue weighted by molar-refractivity contribution is 5.70. The third-order valence-electron chi connectivity index (χ3n) is 0.669. The minimum absolute atomic E-state index is 0.383. The molecule has 2 nitrogen and oxygen atoms in total. The molecule has 0 aromatic carbocycles. The molecule has 0 aromatic heterocycles. The number of rotatable bonds is 3. The first-order chi connectivity index (χ1) is 3.91. The summed E-state index contributed by atoms with van der Waals surface area (Å²) in [4.78, 5) is 3.78. The highest BCUT2D eigenvalue weighted by Gasteiger charge is 1.61. The Morgan fingerprint density at radius 3 is 2.88 bits per heavy atom. The molecule has 0 aliphatic heterocycles. The monoisotopic (exact) mass is 112 g/mol. The first-order valence-electron chi connectivity index (χ1n) is 2.76. The number of hydrogen-bond acceptors (Lipinski definition) is 2. The fraction of sp³-hybridized carbons (Fsp3) is 0.500. The van der Waals surface area contributed by atoms with E-state index in [2.05, 4.69) is 11.9 Å². The fourth-order valence-corrected chi connectivity index (χ4v) is 0.319. The Morgan fingerprint density at radius 1 is 1.62 bits per heavy atom. The van der Waals surface area contributed by atoms with Gasteiger partial charge >= 0.3 is 0 Å². The van der Waals surface area contributed by atoms with Crippen LogP contribution < -0.4 is 5.73 Å². The van der Waals surface area contributed by atoms with E-state index in [-0.39, 0.29) is 0 Å². The second kappa shape index (κ2) is 6.37. The quantitative estimate of drug-likeness (QED) is 0.542. The van der Waals surface area contributed by atoms with Gasteiger partial charge in [0.2, 0.25) is 0 Å². The molecular formula is C6H12N2. The van der Waals surface area contributed by atoms with Crippen molar-refractivity contribution < 1.29 is 0 Å². The van der Waals surface area contributed by atoms with E-state index in [9.17, 15) is 0 Å². The molecule has 0 aliphatic carbocycles. The Kier molecular flexibility index (Phi) is 5.87. The number of hydrogen-bond donors (Lipinski definition) is 1. The summed E-state index contributed by atoms with van der Waals surface area (Å²) in [7, 11) is 0. The van der Waals surface area contributed by atoms with Crippen molar-refractivity contribution in [1.29, 1.82) is 0 Å². The van der Waals surface area contributed by atoms with Crippen molar-refractivity contribution in [2.75, 3.05) is 6.67 Å². The van der Waals surface area contributed by atoms with Crippen LogP contribution in [0.2, 0.25) is 0 Å². The molecular weight excluding hydrogens is 100 g/mol. The number of allylic oxidation sites excluding steroid dienone is 2. The van der Waals surface area contributed by atoms with Crippen molar-refractivity contribution in [2.45, 2.75) is 13.3 Å². The van der Waals surface area contributed by atoms with Crippen molar-refractivity contribution >= 4 is 6.21 Å².